The van der Waals surface area contributed by atoms with Crippen LogP contribution in [0.15, 0.2) is 0 Å². The van der Waals surface area contributed by atoms with Gasteiger partial charge < -0.3 is 10.6 Å². The van der Waals surface area contributed by atoms with Crippen molar-refractivity contribution in [2.45, 2.75) is 44.9 Å². The predicted molar refractivity (Wildman–Crippen MR) is 64.8 cm³/mol. The van der Waals surface area contributed by atoms with Crippen LogP contribution in [0.1, 0.15) is 44.9 Å². The lowest BCUT2D eigenvalue weighted by Crippen LogP contribution is -2.46. The van der Waals surface area contributed by atoms with Crippen LogP contribution in [-0.4, -0.2) is 31.6 Å². The van der Waals surface area contributed by atoms with Crippen LogP contribution in [0.25, 0.3) is 0 Å². The summed E-state index contributed by atoms with van der Waals surface area (Å²) in [6, 6.07) is 0. The molecule has 2 aliphatic rings. The first kappa shape index (κ1) is 11.4. The Morgan fingerprint density at radius 1 is 1.27 bits per heavy atom. The summed E-state index contributed by atoms with van der Waals surface area (Å²) in [6.07, 6.45) is 9.91. The van der Waals surface area contributed by atoms with Crippen LogP contribution in [0, 0.1) is 11.3 Å². The summed E-state index contributed by atoms with van der Waals surface area (Å²) in [5.74, 6) is 0.976. The standard InChI is InChI=1S/C13H26N2/c1-15-10-4-7-13(11-15,8-9-14)12-5-2-3-6-12/h12H,2-11,14H2,1H3. The van der Waals surface area contributed by atoms with Crippen molar-refractivity contribution < 1.29 is 0 Å². The molecule has 15 heavy (non-hydrogen) atoms. The zero-order chi connectivity index (χ0) is 10.7. The summed E-state index contributed by atoms with van der Waals surface area (Å²) in [7, 11) is 2.28. The summed E-state index contributed by atoms with van der Waals surface area (Å²) >= 11 is 0. The first-order valence-electron chi connectivity index (χ1n) is 6.65. The van der Waals surface area contributed by atoms with Crippen molar-refractivity contribution in [1.82, 2.24) is 4.90 Å². The van der Waals surface area contributed by atoms with Crippen molar-refractivity contribution in [3.8, 4) is 0 Å². The Kier molecular flexibility index (Phi) is 3.68. The molecule has 0 aromatic carbocycles. The summed E-state index contributed by atoms with van der Waals surface area (Å²) in [5.41, 5.74) is 6.42. The van der Waals surface area contributed by atoms with Gasteiger partial charge in [0.25, 0.3) is 0 Å². The average molecular weight is 210 g/mol. The highest BCUT2D eigenvalue weighted by Crippen LogP contribution is 2.47. The maximum atomic E-state index is 5.84. The van der Waals surface area contributed by atoms with E-state index in [0.29, 0.717) is 5.41 Å². The van der Waals surface area contributed by atoms with Gasteiger partial charge in [-0.15, -0.1) is 0 Å². The van der Waals surface area contributed by atoms with Crippen LogP contribution in [0.2, 0.25) is 0 Å². The molecule has 0 radical (unpaired) electrons. The highest BCUT2D eigenvalue weighted by Gasteiger charge is 2.41. The molecule has 1 saturated carbocycles. The largest absolute Gasteiger partial charge is 0.330 e. The van der Waals surface area contributed by atoms with Crippen molar-refractivity contribution in [3.63, 3.8) is 0 Å². The van der Waals surface area contributed by atoms with Gasteiger partial charge in [-0.2, -0.15) is 0 Å². The van der Waals surface area contributed by atoms with Gasteiger partial charge in [0.1, 0.15) is 0 Å². The molecule has 0 spiro atoms. The van der Waals surface area contributed by atoms with Crippen LogP contribution < -0.4 is 5.73 Å². The molecule has 2 rings (SSSR count). The molecule has 2 nitrogen and oxygen atoms in total. The molecule has 2 N–H and O–H groups in total. The van der Waals surface area contributed by atoms with Crippen molar-refractivity contribution in [2.24, 2.45) is 17.1 Å². The minimum atomic E-state index is 0.582. The van der Waals surface area contributed by atoms with Crippen molar-refractivity contribution >= 4 is 0 Å². The number of likely N-dealkylation sites (tertiary alicyclic amines) is 1. The van der Waals surface area contributed by atoms with E-state index in [1.165, 1.54) is 58.0 Å². The molecule has 2 fully saturated rings. The first-order chi connectivity index (χ1) is 7.27. The number of piperidine rings is 1. The normalized spacial score (nSPS) is 34.8. The fourth-order valence-corrected chi connectivity index (χ4v) is 3.96. The van der Waals surface area contributed by atoms with Gasteiger partial charge in [-0.3, -0.25) is 0 Å². The van der Waals surface area contributed by atoms with E-state index >= 15 is 0 Å². The number of nitrogens with zero attached hydrogens (tertiary/aromatic N) is 1. The number of hydrogen-bond donors (Lipinski definition) is 1. The van der Waals surface area contributed by atoms with E-state index in [2.05, 4.69) is 11.9 Å². The van der Waals surface area contributed by atoms with E-state index in [9.17, 15) is 0 Å². The van der Waals surface area contributed by atoms with E-state index < -0.39 is 0 Å². The molecule has 1 atom stereocenters. The smallest absolute Gasteiger partial charge is 0.00381 e. The molecule has 88 valence electrons. The van der Waals surface area contributed by atoms with Gasteiger partial charge in [-0.1, -0.05) is 12.8 Å². The van der Waals surface area contributed by atoms with Crippen molar-refractivity contribution in [1.29, 1.82) is 0 Å². The Morgan fingerprint density at radius 3 is 2.60 bits per heavy atom. The maximum absolute atomic E-state index is 5.84. The third kappa shape index (κ3) is 2.36. The van der Waals surface area contributed by atoms with Crippen LogP contribution >= 0.6 is 0 Å². The van der Waals surface area contributed by atoms with E-state index in [1.807, 2.05) is 0 Å². The highest BCUT2D eigenvalue weighted by molar-refractivity contribution is 4.93. The molecule has 0 amide bonds. The van der Waals surface area contributed by atoms with Gasteiger partial charge in [0.05, 0.1) is 0 Å². The molecule has 1 unspecified atom stereocenters. The maximum Gasteiger partial charge on any atom is 0.00381 e. The molecule has 1 heterocycles. The van der Waals surface area contributed by atoms with Crippen LogP contribution in [-0.2, 0) is 0 Å². The van der Waals surface area contributed by atoms with E-state index in [4.69, 9.17) is 5.73 Å². The molecular weight excluding hydrogens is 184 g/mol. The van der Waals surface area contributed by atoms with Gasteiger partial charge in [-0.25, -0.2) is 0 Å². The minimum Gasteiger partial charge on any atom is -0.330 e. The molecule has 0 aromatic rings. The Bertz CT molecular complexity index is 195. The van der Waals surface area contributed by atoms with Crippen LogP contribution in [0.4, 0.5) is 0 Å². The number of nitrogens with two attached hydrogens (primary N) is 1. The van der Waals surface area contributed by atoms with Gasteiger partial charge in [0.15, 0.2) is 0 Å². The quantitative estimate of drug-likeness (QED) is 0.774. The fraction of sp³-hybridized carbons (Fsp3) is 1.00. The topological polar surface area (TPSA) is 29.3 Å². The molecule has 2 heteroatoms. The third-order valence-electron chi connectivity index (χ3n) is 4.66. The highest BCUT2D eigenvalue weighted by atomic mass is 15.1. The Balaban J connectivity index is 2.07. The molecule has 1 aliphatic carbocycles. The molecule has 0 bridgehead atoms. The fourth-order valence-electron chi connectivity index (χ4n) is 3.96. The van der Waals surface area contributed by atoms with Gasteiger partial charge in [-0.05, 0) is 63.6 Å². The Morgan fingerprint density at radius 2 is 2.00 bits per heavy atom. The minimum absolute atomic E-state index is 0.582. The Labute approximate surface area is 94.2 Å². The monoisotopic (exact) mass is 210 g/mol. The number of rotatable bonds is 3. The molecule has 1 saturated heterocycles. The molecule has 1 aliphatic heterocycles. The van der Waals surface area contributed by atoms with E-state index in [1.54, 1.807) is 0 Å². The van der Waals surface area contributed by atoms with E-state index in [0.717, 1.165) is 12.5 Å². The summed E-state index contributed by atoms with van der Waals surface area (Å²) in [5, 5.41) is 0. The Hall–Kier alpha value is -0.0800. The lowest BCUT2D eigenvalue weighted by molar-refractivity contribution is 0.0430. The van der Waals surface area contributed by atoms with Gasteiger partial charge in [0, 0.05) is 6.54 Å². The summed E-state index contributed by atoms with van der Waals surface area (Å²) < 4.78 is 0. The van der Waals surface area contributed by atoms with Crippen LogP contribution in [0.5, 0.6) is 0 Å². The lowest BCUT2D eigenvalue weighted by Gasteiger charge is -2.46. The predicted octanol–water partition coefficient (Wildman–Crippen LogP) is 2.24. The van der Waals surface area contributed by atoms with Gasteiger partial charge >= 0.3 is 0 Å². The zero-order valence-corrected chi connectivity index (χ0v) is 10.2. The molecule has 0 aromatic heterocycles. The SMILES string of the molecule is CN1CCCC(CCN)(C2CCCC2)C1. The number of hydrogen-bond acceptors (Lipinski definition) is 2. The molecular formula is C13H26N2. The third-order valence-corrected chi connectivity index (χ3v) is 4.66. The summed E-state index contributed by atoms with van der Waals surface area (Å²) in [6.45, 7) is 3.47. The van der Waals surface area contributed by atoms with E-state index in [-0.39, 0.29) is 0 Å². The summed E-state index contributed by atoms with van der Waals surface area (Å²) in [4.78, 5) is 2.53. The van der Waals surface area contributed by atoms with Crippen molar-refractivity contribution in [2.75, 3.05) is 26.7 Å². The van der Waals surface area contributed by atoms with Gasteiger partial charge in [0.2, 0.25) is 0 Å². The van der Waals surface area contributed by atoms with Crippen LogP contribution in [0.3, 0.4) is 0 Å². The zero-order valence-electron chi connectivity index (χ0n) is 10.2. The lowest BCUT2D eigenvalue weighted by atomic mass is 9.67. The second-order valence-corrected chi connectivity index (χ2v) is 5.72. The second kappa shape index (κ2) is 4.84. The second-order valence-electron chi connectivity index (χ2n) is 5.72. The average Bonchev–Trinajstić information content (AvgIpc) is 2.71. The first-order valence-corrected chi connectivity index (χ1v) is 6.65. The van der Waals surface area contributed by atoms with Crippen molar-refractivity contribution in [3.05, 3.63) is 0 Å².